The average molecular weight is 470 g/mol. The normalized spacial score (nSPS) is 18.4. The molecule has 0 radical (unpaired) electrons. The summed E-state index contributed by atoms with van der Waals surface area (Å²) in [5, 5.41) is 5.63. The second-order valence-corrected chi connectivity index (χ2v) is 7.99. The molecule has 1 heterocycles. The fourth-order valence-electron chi connectivity index (χ4n) is 3.95. The van der Waals surface area contributed by atoms with Gasteiger partial charge >= 0.3 is 6.03 Å². The van der Waals surface area contributed by atoms with Crippen molar-refractivity contribution in [2.75, 3.05) is 34.0 Å². The summed E-state index contributed by atoms with van der Waals surface area (Å²) >= 11 is 0. The van der Waals surface area contributed by atoms with Crippen LogP contribution in [0.1, 0.15) is 37.4 Å². The fourth-order valence-corrected chi connectivity index (χ4v) is 3.95. The molecule has 0 bridgehead atoms. The molecule has 2 unspecified atom stereocenters. The number of hydrogen-bond acceptors (Lipinski definition) is 6. The van der Waals surface area contributed by atoms with Gasteiger partial charge in [-0.25, -0.2) is 4.79 Å². The van der Waals surface area contributed by atoms with Gasteiger partial charge < -0.3 is 24.8 Å². The van der Waals surface area contributed by atoms with Gasteiger partial charge in [-0.1, -0.05) is 43.3 Å². The van der Waals surface area contributed by atoms with Crippen LogP contribution in [0.15, 0.2) is 48.5 Å². The molecule has 3 rings (SSSR count). The molecule has 2 aromatic carbocycles. The first kappa shape index (κ1) is 25.0. The molecule has 1 aliphatic heterocycles. The Morgan fingerprint density at radius 1 is 1.09 bits per heavy atom. The number of imide groups is 1. The van der Waals surface area contributed by atoms with Gasteiger partial charge in [0.05, 0.1) is 19.8 Å². The predicted molar refractivity (Wildman–Crippen MR) is 126 cm³/mol. The van der Waals surface area contributed by atoms with Crippen molar-refractivity contribution in [1.82, 2.24) is 15.5 Å². The summed E-state index contributed by atoms with van der Waals surface area (Å²) in [7, 11) is 3.13. The molecule has 1 fully saturated rings. The van der Waals surface area contributed by atoms with E-state index < -0.39 is 23.4 Å². The van der Waals surface area contributed by atoms with E-state index in [9.17, 15) is 14.4 Å². The maximum absolute atomic E-state index is 13.2. The Morgan fingerprint density at radius 3 is 2.47 bits per heavy atom. The lowest BCUT2D eigenvalue weighted by atomic mass is 9.87. The molecule has 9 nitrogen and oxygen atoms in total. The Bertz CT molecular complexity index is 1030. The van der Waals surface area contributed by atoms with E-state index in [-0.39, 0.29) is 12.6 Å². The van der Waals surface area contributed by atoms with Gasteiger partial charge in [0.2, 0.25) is 5.91 Å². The molecule has 0 saturated carbocycles. The van der Waals surface area contributed by atoms with Gasteiger partial charge in [-0.2, -0.15) is 0 Å². The molecule has 0 aromatic heterocycles. The first-order chi connectivity index (χ1) is 16.4. The van der Waals surface area contributed by atoms with Gasteiger partial charge in [0.15, 0.2) is 11.5 Å². The number of nitrogens with one attached hydrogen (secondary N) is 2. The smallest absolute Gasteiger partial charge is 0.325 e. The van der Waals surface area contributed by atoms with Crippen molar-refractivity contribution in [3.8, 4) is 11.5 Å². The first-order valence-corrected chi connectivity index (χ1v) is 11.1. The minimum atomic E-state index is -1.17. The maximum Gasteiger partial charge on any atom is 0.325 e. The number of rotatable bonds is 11. The molecule has 2 N–H and O–H groups in total. The summed E-state index contributed by atoms with van der Waals surface area (Å²) in [4.78, 5) is 39.6. The third-order valence-electron chi connectivity index (χ3n) is 5.88. The van der Waals surface area contributed by atoms with Crippen LogP contribution in [0.4, 0.5) is 4.79 Å². The lowest BCUT2D eigenvalue weighted by Crippen LogP contribution is -2.45. The van der Waals surface area contributed by atoms with Crippen LogP contribution in [-0.4, -0.2) is 56.7 Å². The molecule has 9 heteroatoms. The van der Waals surface area contributed by atoms with Crippen molar-refractivity contribution in [3.05, 3.63) is 59.7 Å². The summed E-state index contributed by atoms with van der Waals surface area (Å²) in [6.45, 7) is 4.09. The van der Waals surface area contributed by atoms with Crippen LogP contribution in [0.25, 0.3) is 0 Å². The lowest BCUT2D eigenvalue weighted by molar-refractivity contribution is -0.135. The molecular formula is C25H31N3O6. The van der Waals surface area contributed by atoms with E-state index in [1.165, 1.54) is 7.11 Å². The van der Waals surface area contributed by atoms with E-state index >= 15 is 0 Å². The average Bonchev–Trinajstić information content (AvgIpc) is 3.09. The van der Waals surface area contributed by atoms with E-state index in [1.54, 1.807) is 31.4 Å². The first-order valence-electron chi connectivity index (χ1n) is 11.1. The topological polar surface area (TPSA) is 106 Å². The highest BCUT2D eigenvalue weighted by Gasteiger charge is 2.51. The predicted octanol–water partition coefficient (Wildman–Crippen LogP) is 2.75. The van der Waals surface area contributed by atoms with Gasteiger partial charge in [-0.3, -0.25) is 14.5 Å². The highest BCUT2D eigenvalue weighted by Crippen LogP contribution is 2.33. The zero-order valence-corrected chi connectivity index (χ0v) is 19.9. The molecule has 0 spiro atoms. The molecule has 2 atom stereocenters. The number of nitrogens with zero attached hydrogens (tertiary/aromatic N) is 1. The Balaban J connectivity index is 1.67. The van der Waals surface area contributed by atoms with Gasteiger partial charge in [0.25, 0.3) is 5.91 Å². The molecule has 1 saturated heterocycles. The standard InChI is InChI=1S/C25H31N3O6/c1-5-25(19-9-7-6-8-10-19)23(30)28(24(31)27-25)16-22(29)26-17(2)18-11-12-20(21(15-18)33-4)34-14-13-32-3/h6-12,15,17H,5,13-14,16H2,1-4H3,(H,26,29)(H,27,31). The van der Waals surface area contributed by atoms with Crippen LogP contribution < -0.4 is 20.1 Å². The number of hydrogen-bond donors (Lipinski definition) is 2. The third-order valence-corrected chi connectivity index (χ3v) is 5.88. The monoisotopic (exact) mass is 469 g/mol. The second kappa shape index (κ2) is 11.0. The van der Waals surface area contributed by atoms with Crippen molar-refractivity contribution in [2.45, 2.75) is 31.8 Å². The minimum absolute atomic E-state index is 0.370. The Kier molecular flexibility index (Phi) is 8.12. The van der Waals surface area contributed by atoms with E-state index in [0.29, 0.717) is 36.7 Å². The van der Waals surface area contributed by atoms with Crippen molar-refractivity contribution >= 4 is 17.8 Å². The summed E-state index contributed by atoms with van der Waals surface area (Å²) in [6, 6.07) is 13.4. The van der Waals surface area contributed by atoms with Crippen LogP contribution >= 0.6 is 0 Å². The van der Waals surface area contributed by atoms with Crippen LogP contribution in [0, 0.1) is 0 Å². The lowest BCUT2D eigenvalue weighted by Gasteiger charge is -2.25. The van der Waals surface area contributed by atoms with Gasteiger partial charge in [0, 0.05) is 7.11 Å². The van der Waals surface area contributed by atoms with Gasteiger partial charge in [-0.15, -0.1) is 0 Å². The molecule has 1 aliphatic rings. The molecule has 182 valence electrons. The largest absolute Gasteiger partial charge is 0.493 e. The zero-order chi connectivity index (χ0) is 24.7. The number of carbonyl (C=O) groups excluding carboxylic acids is 3. The van der Waals surface area contributed by atoms with Crippen molar-refractivity contribution in [2.24, 2.45) is 0 Å². The summed E-state index contributed by atoms with van der Waals surface area (Å²) in [5.74, 6) is 0.209. The minimum Gasteiger partial charge on any atom is -0.493 e. The van der Waals surface area contributed by atoms with Crippen molar-refractivity contribution in [3.63, 3.8) is 0 Å². The van der Waals surface area contributed by atoms with E-state index in [0.717, 1.165) is 10.5 Å². The Labute approximate surface area is 199 Å². The van der Waals surface area contributed by atoms with Crippen LogP contribution in [-0.2, 0) is 19.9 Å². The molecule has 4 amide bonds. The maximum atomic E-state index is 13.2. The van der Waals surface area contributed by atoms with Crippen LogP contribution in [0.5, 0.6) is 11.5 Å². The summed E-state index contributed by atoms with van der Waals surface area (Å²) < 4.78 is 16.0. The SMILES string of the molecule is CCC1(c2ccccc2)NC(=O)N(CC(=O)NC(C)c2ccc(OCCOC)c(OC)c2)C1=O. The van der Waals surface area contributed by atoms with Crippen molar-refractivity contribution < 1.29 is 28.6 Å². The zero-order valence-electron chi connectivity index (χ0n) is 19.9. The second-order valence-electron chi connectivity index (χ2n) is 7.99. The number of benzene rings is 2. The molecule has 34 heavy (non-hydrogen) atoms. The van der Waals surface area contributed by atoms with Gasteiger partial charge in [0.1, 0.15) is 18.7 Å². The highest BCUT2D eigenvalue weighted by molar-refractivity contribution is 6.09. The molecular weight excluding hydrogens is 438 g/mol. The van der Waals surface area contributed by atoms with Crippen molar-refractivity contribution in [1.29, 1.82) is 0 Å². The number of carbonyl (C=O) groups is 3. The number of ether oxygens (including phenoxy) is 3. The summed E-state index contributed by atoms with van der Waals surface area (Å²) in [6.07, 6.45) is 0.370. The fraction of sp³-hybridized carbons (Fsp3) is 0.400. The van der Waals surface area contributed by atoms with Crippen LogP contribution in [0.3, 0.4) is 0 Å². The molecule has 2 aromatic rings. The number of urea groups is 1. The van der Waals surface area contributed by atoms with Gasteiger partial charge in [-0.05, 0) is 36.6 Å². The molecule has 0 aliphatic carbocycles. The number of amides is 4. The van der Waals surface area contributed by atoms with E-state index in [2.05, 4.69) is 10.6 Å². The van der Waals surface area contributed by atoms with E-state index in [1.807, 2.05) is 38.1 Å². The Morgan fingerprint density at radius 2 is 1.82 bits per heavy atom. The number of methoxy groups -OCH3 is 2. The summed E-state index contributed by atoms with van der Waals surface area (Å²) in [5.41, 5.74) is 0.302. The van der Waals surface area contributed by atoms with Crippen LogP contribution in [0.2, 0.25) is 0 Å². The van der Waals surface area contributed by atoms with E-state index in [4.69, 9.17) is 14.2 Å². The highest BCUT2D eigenvalue weighted by atomic mass is 16.5. The quantitative estimate of drug-likeness (QED) is 0.387. The Hall–Kier alpha value is -3.59. The third kappa shape index (κ3) is 5.14.